The Kier molecular flexibility index (Phi) is 7.08. The van der Waals surface area contributed by atoms with E-state index >= 15 is 0 Å². The van der Waals surface area contributed by atoms with E-state index in [2.05, 4.69) is 5.32 Å². The summed E-state index contributed by atoms with van der Waals surface area (Å²) < 4.78 is 10.4. The first kappa shape index (κ1) is 20.1. The van der Waals surface area contributed by atoms with Gasteiger partial charge in [-0.1, -0.05) is 35.3 Å². The molecule has 0 aromatic heterocycles. The van der Waals surface area contributed by atoms with Crippen LogP contribution in [0.25, 0.3) is 6.08 Å². The zero-order valence-electron chi connectivity index (χ0n) is 14.1. The third kappa shape index (κ3) is 5.15. The maximum atomic E-state index is 12.4. The molecule has 27 heavy (non-hydrogen) atoms. The molecule has 0 bridgehead atoms. The molecule has 2 aromatic carbocycles. The first-order valence-electron chi connectivity index (χ1n) is 7.55. The van der Waals surface area contributed by atoms with Gasteiger partial charge in [-0.15, -0.1) is 0 Å². The monoisotopic (exact) mass is 401 g/mol. The quantitative estimate of drug-likeness (QED) is 0.569. The number of rotatable bonds is 6. The highest BCUT2D eigenvalue weighted by Crippen LogP contribution is 2.31. The average molecular weight is 402 g/mol. The van der Waals surface area contributed by atoms with Crippen molar-refractivity contribution < 1.29 is 14.3 Å². The Hall–Kier alpha value is -3.19. The van der Waals surface area contributed by atoms with Crippen molar-refractivity contribution in [2.45, 2.75) is 0 Å². The molecule has 1 amide bonds. The van der Waals surface area contributed by atoms with Crippen molar-refractivity contribution in [2.75, 3.05) is 19.0 Å². The van der Waals surface area contributed by atoms with Gasteiger partial charge in [0.25, 0.3) is 5.91 Å². The van der Waals surface area contributed by atoms with Gasteiger partial charge in [-0.3, -0.25) is 4.79 Å². The van der Waals surface area contributed by atoms with E-state index in [4.69, 9.17) is 37.9 Å². The molecule has 0 saturated carbocycles. The molecule has 0 saturated heterocycles. The van der Waals surface area contributed by atoms with E-state index in [0.717, 1.165) is 0 Å². The molecule has 2 aromatic rings. The molecule has 6 nitrogen and oxygen atoms in total. The number of halogens is 2. The van der Waals surface area contributed by atoms with Crippen molar-refractivity contribution in [3.8, 4) is 23.6 Å². The van der Waals surface area contributed by atoms with Gasteiger partial charge < -0.3 is 14.8 Å². The topological polar surface area (TPSA) is 95.1 Å². The fourth-order valence-corrected chi connectivity index (χ4v) is 2.46. The van der Waals surface area contributed by atoms with Crippen molar-refractivity contribution in [1.29, 1.82) is 10.5 Å². The molecule has 0 heterocycles. The molecule has 0 atom stereocenters. The number of benzene rings is 2. The van der Waals surface area contributed by atoms with Crippen LogP contribution in [0.4, 0.5) is 5.69 Å². The number of amides is 1. The van der Waals surface area contributed by atoms with Crippen molar-refractivity contribution in [1.82, 2.24) is 0 Å². The summed E-state index contributed by atoms with van der Waals surface area (Å²) in [6, 6.07) is 13.3. The number of carbonyl (C=O) groups is 1. The Bertz CT molecular complexity index is 975. The smallest absolute Gasteiger partial charge is 0.266 e. The van der Waals surface area contributed by atoms with E-state index in [1.807, 2.05) is 12.1 Å². The molecule has 0 unspecified atom stereocenters. The Morgan fingerprint density at radius 2 is 2.00 bits per heavy atom. The lowest BCUT2D eigenvalue weighted by Crippen LogP contribution is -2.13. The molecule has 0 aliphatic rings. The lowest BCUT2D eigenvalue weighted by Gasteiger charge is -2.10. The summed E-state index contributed by atoms with van der Waals surface area (Å²) in [5.41, 5.74) is 0.701. The summed E-state index contributed by atoms with van der Waals surface area (Å²) in [6.07, 6.45) is 1.39. The van der Waals surface area contributed by atoms with Crippen LogP contribution >= 0.6 is 23.2 Å². The summed E-state index contributed by atoms with van der Waals surface area (Å²) in [7, 11) is 1.45. The van der Waals surface area contributed by atoms with E-state index in [0.29, 0.717) is 22.7 Å². The van der Waals surface area contributed by atoms with Crippen LogP contribution in [0.3, 0.4) is 0 Å². The summed E-state index contributed by atoms with van der Waals surface area (Å²) >= 11 is 12.0. The number of hydrogen-bond acceptors (Lipinski definition) is 5. The predicted octanol–water partition coefficient (Wildman–Crippen LogP) is 4.45. The summed E-state index contributed by atoms with van der Waals surface area (Å²) in [5, 5.41) is 20.9. The summed E-state index contributed by atoms with van der Waals surface area (Å²) in [4.78, 5) is 12.4. The maximum Gasteiger partial charge on any atom is 0.266 e. The number of ether oxygens (including phenoxy) is 2. The van der Waals surface area contributed by atoms with Crippen LogP contribution in [-0.4, -0.2) is 19.6 Å². The van der Waals surface area contributed by atoms with E-state index in [9.17, 15) is 10.1 Å². The van der Waals surface area contributed by atoms with Crippen molar-refractivity contribution in [2.24, 2.45) is 0 Å². The Labute approximate surface area is 166 Å². The first-order chi connectivity index (χ1) is 13.0. The second-order valence-corrected chi connectivity index (χ2v) is 5.87. The number of anilines is 1. The average Bonchev–Trinajstić information content (AvgIpc) is 2.68. The zero-order valence-corrected chi connectivity index (χ0v) is 15.6. The lowest BCUT2D eigenvalue weighted by molar-refractivity contribution is -0.112. The van der Waals surface area contributed by atoms with Crippen LogP contribution in [0.1, 0.15) is 5.56 Å². The minimum atomic E-state index is -0.634. The fourth-order valence-electron chi connectivity index (χ4n) is 2.11. The number of methoxy groups -OCH3 is 1. The minimum absolute atomic E-state index is 0.127. The molecular formula is C19H13Cl2N3O3. The van der Waals surface area contributed by atoms with Crippen molar-refractivity contribution in [3.63, 3.8) is 0 Å². The third-order valence-corrected chi connectivity index (χ3v) is 4.17. The molecule has 0 aliphatic carbocycles. The van der Waals surface area contributed by atoms with Gasteiger partial charge in [0.15, 0.2) is 18.1 Å². The van der Waals surface area contributed by atoms with Gasteiger partial charge in [0, 0.05) is 0 Å². The van der Waals surface area contributed by atoms with Gasteiger partial charge in [0.2, 0.25) is 0 Å². The van der Waals surface area contributed by atoms with E-state index < -0.39 is 5.91 Å². The SMILES string of the molecule is COc1cc(/C=C(\C#N)C(=O)Nc2cccc(Cl)c2Cl)ccc1OCC#N. The first-order valence-corrected chi connectivity index (χ1v) is 8.30. The number of hydrogen-bond donors (Lipinski definition) is 1. The number of carbonyl (C=O) groups excluding carboxylic acids is 1. The summed E-state index contributed by atoms with van der Waals surface area (Å²) in [5.74, 6) is 0.116. The van der Waals surface area contributed by atoms with Gasteiger partial charge in [-0.2, -0.15) is 10.5 Å². The zero-order chi connectivity index (χ0) is 19.8. The molecule has 8 heteroatoms. The largest absolute Gasteiger partial charge is 0.493 e. The maximum absolute atomic E-state index is 12.4. The highest BCUT2D eigenvalue weighted by Gasteiger charge is 2.13. The molecular weight excluding hydrogens is 389 g/mol. The van der Waals surface area contributed by atoms with Crippen LogP contribution in [0.2, 0.25) is 10.0 Å². The van der Waals surface area contributed by atoms with Crippen LogP contribution in [0.5, 0.6) is 11.5 Å². The van der Waals surface area contributed by atoms with E-state index in [1.54, 1.807) is 36.4 Å². The second kappa shape index (κ2) is 9.49. The van der Waals surface area contributed by atoms with Gasteiger partial charge in [-0.25, -0.2) is 0 Å². The van der Waals surface area contributed by atoms with Crippen molar-refractivity contribution >= 4 is 40.9 Å². The van der Waals surface area contributed by atoms with Crippen LogP contribution in [0.15, 0.2) is 42.0 Å². The van der Waals surface area contributed by atoms with E-state index in [-0.39, 0.29) is 22.2 Å². The summed E-state index contributed by atoms with van der Waals surface area (Å²) in [6.45, 7) is -0.127. The molecule has 0 radical (unpaired) electrons. The molecule has 0 spiro atoms. The predicted molar refractivity (Wildman–Crippen MR) is 103 cm³/mol. The molecule has 0 fully saturated rings. The number of nitrogens with zero attached hydrogens (tertiary/aromatic N) is 2. The van der Waals surface area contributed by atoms with Crippen molar-refractivity contribution in [3.05, 3.63) is 57.6 Å². The molecule has 1 N–H and O–H groups in total. The minimum Gasteiger partial charge on any atom is -0.493 e. The van der Waals surface area contributed by atoms with Crippen LogP contribution in [-0.2, 0) is 4.79 Å². The lowest BCUT2D eigenvalue weighted by atomic mass is 10.1. The number of nitrogens with one attached hydrogen (secondary N) is 1. The Morgan fingerprint density at radius 1 is 1.22 bits per heavy atom. The van der Waals surface area contributed by atoms with Crippen LogP contribution in [0, 0.1) is 22.7 Å². The third-order valence-electron chi connectivity index (χ3n) is 3.36. The second-order valence-electron chi connectivity index (χ2n) is 5.08. The Balaban J connectivity index is 2.27. The highest BCUT2D eigenvalue weighted by molar-refractivity contribution is 6.44. The number of nitriles is 2. The molecule has 0 aliphatic heterocycles. The normalized spacial score (nSPS) is 10.5. The molecule has 2 rings (SSSR count). The van der Waals surface area contributed by atoms with Gasteiger partial charge in [0.05, 0.1) is 22.8 Å². The fraction of sp³-hybridized carbons (Fsp3) is 0.105. The highest BCUT2D eigenvalue weighted by atomic mass is 35.5. The van der Waals surface area contributed by atoms with Gasteiger partial charge in [-0.05, 0) is 35.9 Å². The Morgan fingerprint density at radius 3 is 2.67 bits per heavy atom. The van der Waals surface area contributed by atoms with E-state index in [1.165, 1.54) is 13.2 Å². The van der Waals surface area contributed by atoms with Gasteiger partial charge in [0.1, 0.15) is 17.7 Å². The van der Waals surface area contributed by atoms with Crippen LogP contribution < -0.4 is 14.8 Å². The molecule has 136 valence electrons. The van der Waals surface area contributed by atoms with Gasteiger partial charge >= 0.3 is 0 Å². The standard InChI is InChI=1S/C19H13Cl2N3O3/c1-26-17-10-12(5-6-16(17)27-8-7-22)9-13(11-23)19(25)24-15-4-2-3-14(20)18(15)21/h2-6,9-10H,8H2,1H3,(H,24,25)/b13-9+.